The summed E-state index contributed by atoms with van der Waals surface area (Å²) in [6.45, 7) is 0. The van der Waals surface area contributed by atoms with Crippen molar-refractivity contribution in [3.8, 4) is 0 Å². The van der Waals surface area contributed by atoms with Gasteiger partial charge in [-0.3, -0.25) is 0 Å². The molecule has 0 aliphatic heterocycles. The van der Waals surface area contributed by atoms with Gasteiger partial charge >= 0.3 is 22.4 Å². The Morgan fingerprint density at radius 2 is 1.82 bits per heavy atom. The molecule has 0 aliphatic carbocycles. The van der Waals surface area contributed by atoms with E-state index in [1.54, 1.807) is 11.8 Å². The number of hydrogen-bond donors (Lipinski definition) is 0. The van der Waals surface area contributed by atoms with Crippen molar-refractivity contribution in [2.45, 2.75) is 4.58 Å². The van der Waals surface area contributed by atoms with Gasteiger partial charge in [0.1, 0.15) is 0 Å². The maximum Gasteiger partial charge on any atom is 1.00 e. The third-order valence-corrected chi connectivity index (χ3v) is 2.84. The minimum atomic E-state index is 0. The van der Waals surface area contributed by atoms with Crippen molar-refractivity contribution >= 4 is 24.4 Å². The monoisotopic (exact) mass is 366 g/mol. The second-order valence-corrected chi connectivity index (χ2v) is 3.69. The van der Waals surface area contributed by atoms with Crippen LogP contribution in [0, 0.1) is 0 Å². The molecular weight excluding hydrogens is 357 g/mol. The van der Waals surface area contributed by atoms with Gasteiger partial charge in [0.15, 0.2) is 0 Å². The van der Waals surface area contributed by atoms with Gasteiger partial charge in [0.05, 0.1) is 0 Å². The van der Waals surface area contributed by atoms with Gasteiger partial charge in [-0.15, -0.1) is 0 Å². The summed E-state index contributed by atoms with van der Waals surface area (Å²) in [6, 6.07) is 10.2. The molecular formula is C8H9AuS2. The Hall–Kier alpha value is 0.660. The van der Waals surface area contributed by atoms with Crippen LogP contribution in [0.1, 0.15) is 10.1 Å². The molecule has 0 bridgehead atoms. The van der Waals surface area contributed by atoms with Crippen molar-refractivity contribution in [2.75, 3.05) is 6.26 Å². The molecule has 0 fully saturated rings. The topological polar surface area (TPSA) is 0 Å². The summed E-state index contributed by atoms with van der Waals surface area (Å²) in [6.07, 6.45) is 2.03. The molecule has 0 spiro atoms. The average Bonchev–Trinajstić information content (AvgIpc) is 2.05. The smallest absolute Gasteiger partial charge is 0.774 e. The van der Waals surface area contributed by atoms with Gasteiger partial charge in [-0.2, -0.15) is 11.8 Å². The van der Waals surface area contributed by atoms with E-state index in [0.29, 0.717) is 0 Å². The van der Waals surface area contributed by atoms with Crippen LogP contribution < -0.4 is 0 Å². The van der Waals surface area contributed by atoms with Crippen LogP contribution in [-0.4, -0.2) is 6.26 Å². The molecule has 0 saturated carbocycles. The number of benzene rings is 1. The van der Waals surface area contributed by atoms with Crippen LogP contribution in [0.3, 0.4) is 0 Å². The second kappa shape index (κ2) is 6.21. The van der Waals surface area contributed by atoms with E-state index < -0.39 is 0 Å². The first kappa shape index (κ1) is 11.7. The molecule has 0 heterocycles. The predicted octanol–water partition coefficient (Wildman–Crippen LogP) is 2.59. The van der Waals surface area contributed by atoms with Crippen molar-refractivity contribution in [2.24, 2.45) is 0 Å². The van der Waals surface area contributed by atoms with Gasteiger partial charge in [-0.05, 0) is 6.26 Å². The van der Waals surface area contributed by atoms with Crippen molar-refractivity contribution < 1.29 is 22.4 Å². The molecule has 3 heteroatoms. The number of rotatable bonds is 2. The minimum absolute atomic E-state index is 0. The predicted molar refractivity (Wildman–Crippen MR) is 50.1 cm³/mol. The van der Waals surface area contributed by atoms with E-state index in [2.05, 4.69) is 12.1 Å². The molecule has 64 valence electrons. The molecule has 0 aromatic heterocycles. The summed E-state index contributed by atoms with van der Waals surface area (Å²) < 4.78 is 0.209. The Bertz CT molecular complexity index is 189. The quantitative estimate of drug-likeness (QED) is 0.583. The molecule has 0 N–H and O–H groups in total. The van der Waals surface area contributed by atoms with Crippen molar-refractivity contribution in [3.63, 3.8) is 0 Å². The molecule has 1 atom stereocenters. The van der Waals surface area contributed by atoms with Gasteiger partial charge in [0, 0.05) is 0 Å². The zero-order valence-electron chi connectivity index (χ0n) is 6.08. The molecule has 0 saturated heterocycles. The van der Waals surface area contributed by atoms with Crippen LogP contribution >= 0.6 is 11.8 Å². The summed E-state index contributed by atoms with van der Waals surface area (Å²) in [5.41, 5.74) is 1.23. The SMILES string of the molecule is CSC([S-])c1ccccc1.[Au+]. The van der Waals surface area contributed by atoms with E-state index in [1.807, 2.05) is 24.5 Å². The van der Waals surface area contributed by atoms with E-state index in [0.717, 1.165) is 0 Å². The third kappa shape index (κ3) is 3.72. The summed E-state index contributed by atoms with van der Waals surface area (Å²) in [4.78, 5) is 0. The van der Waals surface area contributed by atoms with E-state index in [9.17, 15) is 0 Å². The Morgan fingerprint density at radius 1 is 1.27 bits per heavy atom. The van der Waals surface area contributed by atoms with Gasteiger partial charge in [0.2, 0.25) is 0 Å². The molecule has 0 radical (unpaired) electrons. The first-order valence-corrected chi connectivity index (χ1v) is 4.84. The van der Waals surface area contributed by atoms with Crippen LogP contribution in [-0.2, 0) is 35.0 Å². The summed E-state index contributed by atoms with van der Waals surface area (Å²) in [5.74, 6) is 0. The van der Waals surface area contributed by atoms with Gasteiger partial charge in [-0.1, -0.05) is 40.5 Å². The zero-order chi connectivity index (χ0) is 7.40. The molecule has 1 aromatic rings. The van der Waals surface area contributed by atoms with Crippen LogP contribution in [0.5, 0.6) is 0 Å². The Morgan fingerprint density at radius 3 is 2.27 bits per heavy atom. The van der Waals surface area contributed by atoms with Crippen LogP contribution in [0.25, 0.3) is 0 Å². The van der Waals surface area contributed by atoms with E-state index in [-0.39, 0.29) is 27.0 Å². The van der Waals surface area contributed by atoms with Crippen LogP contribution in [0.15, 0.2) is 30.3 Å². The minimum Gasteiger partial charge on any atom is -0.774 e. The van der Waals surface area contributed by atoms with Gasteiger partial charge in [0.25, 0.3) is 0 Å². The maximum atomic E-state index is 5.17. The average molecular weight is 366 g/mol. The standard InChI is InChI=1S/C8H10S2.Au/c1-10-8(9)7-5-3-2-4-6-7;/h2-6,8-9H,1H3;/q;+1/p-1. The summed E-state index contributed by atoms with van der Waals surface area (Å²) in [5, 5.41) is 0. The second-order valence-electron chi connectivity index (χ2n) is 1.98. The van der Waals surface area contributed by atoms with E-state index >= 15 is 0 Å². The fourth-order valence-corrected chi connectivity index (χ4v) is 1.33. The maximum absolute atomic E-state index is 5.17. The molecule has 0 aliphatic rings. The number of hydrogen-bond acceptors (Lipinski definition) is 2. The normalized spacial score (nSPS) is 11.8. The largest absolute Gasteiger partial charge is 1.00 e. The Labute approximate surface area is 93.1 Å². The van der Waals surface area contributed by atoms with Crippen LogP contribution in [0.2, 0.25) is 0 Å². The third-order valence-electron chi connectivity index (χ3n) is 1.29. The zero-order valence-corrected chi connectivity index (χ0v) is 9.88. The molecule has 1 unspecified atom stereocenters. The summed E-state index contributed by atoms with van der Waals surface area (Å²) >= 11 is 6.86. The molecule has 0 amide bonds. The van der Waals surface area contributed by atoms with E-state index in [1.165, 1.54) is 5.56 Å². The van der Waals surface area contributed by atoms with Crippen molar-refractivity contribution in [1.29, 1.82) is 0 Å². The van der Waals surface area contributed by atoms with Gasteiger partial charge < -0.3 is 12.6 Å². The fourth-order valence-electron chi connectivity index (χ4n) is 0.746. The molecule has 1 rings (SSSR count). The van der Waals surface area contributed by atoms with Crippen molar-refractivity contribution in [3.05, 3.63) is 35.9 Å². The van der Waals surface area contributed by atoms with Crippen LogP contribution in [0.4, 0.5) is 0 Å². The molecule has 11 heavy (non-hydrogen) atoms. The fraction of sp³-hybridized carbons (Fsp3) is 0.250. The Balaban J connectivity index is 0.000001000. The first-order chi connectivity index (χ1) is 4.84. The molecule has 1 aromatic carbocycles. The van der Waals surface area contributed by atoms with Crippen molar-refractivity contribution in [1.82, 2.24) is 0 Å². The van der Waals surface area contributed by atoms with E-state index in [4.69, 9.17) is 12.6 Å². The molecule has 0 nitrogen and oxygen atoms in total. The first-order valence-electron chi connectivity index (χ1n) is 3.08. The van der Waals surface area contributed by atoms with Gasteiger partial charge in [-0.25, -0.2) is 0 Å². The summed E-state index contributed by atoms with van der Waals surface area (Å²) in [7, 11) is 0. The Kier molecular flexibility index (Phi) is 6.58. The number of thioether (sulfide) groups is 1.